The molecule has 0 bridgehead atoms. The van der Waals surface area contributed by atoms with Gasteiger partial charge in [0.2, 0.25) is 0 Å². The molecule has 7 N–H and O–H groups in total. The minimum Gasteiger partial charge on any atom is -0.457 e. The van der Waals surface area contributed by atoms with Gasteiger partial charge < -0.3 is 64.2 Å². The van der Waals surface area contributed by atoms with E-state index < -0.39 is 80.7 Å². The Morgan fingerprint density at radius 1 is 0.485 bits per heavy atom. The lowest BCUT2D eigenvalue weighted by atomic mass is 9.98. The third kappa shape index (κ3) is 28.9. The van der Waals surface area contributed by atoms with Crippen molar-refractivity contribution in [3.8, 4) is 0 Å². The minimum absolute atomic E-state index is 0.0586. The zero-order valence-corrected chi connectivity index (χ0v) is 42.3. The van der Waals surface area contributed by atoms with Gasteiger partial charge in [-0.3, -0.25) is 4.79 Å². The summed E-state index contributed by atoms with van der Waals surface area (Å²) in [4.78, 5) is 13.0. The number of unbranched alkanes of at least 4 members (excludes halogenated alkanes) is 23. The van der Waals surface area contributed by atoms with Gasteiger partial charge in [-0.15, -0.1) is 0 Å². The second-order valence-corrected chi connectivity index (χ2v) is 19.1. The highest BCUT2D eigenvalue weighted by Gasteiger charge is 2.47. The maximum Gasteiger partial charge on any atom is 0.306 e. The third-order valence-electron chi connectivity index (χ3n) is 12.9. The Morgan fingerprint density at radius 3 is 1.43 bits per heavy atom. The van der Waals surface area contributed by atoms with Gasteiger partial charge in [-0.05, 0) is 51.4 Å². The molecule has 2 heterocycles. The molecule has 2 saturated heterocycles. The van der Waals surface area contributed by atoms with Crippen LogP contribution in [-0.4, -0.2) is 142 Å². The van der Waals surface area contributed by atoms with E-state index in [1.54, 1.807) is 0 Å². The predicted octanol–water partition coefficient (Wildman–Crippen LogP) is 8.58. The number of aliphatic hydroxyl groups excluding tert-OH is 7. The summed E-state index contributed by atoms with van der Waals surface area (Å²) in [5, 5.41) is 72.2. The van der Waals surface area contributed by atoms with Crippen LogP contribution in [0.25, 0.3) is 0 Å². The average molecular weight is 971 g/mol. The maximum absolute atomic E-state index is 13.0. The van der Waals surface area contributed by atoms with E-state index in [4.69, 9.17) is 28.4 Å². The molecule has 2 aliphatic rings. The zero-order chi connectivity index (χ0) is 49.5. The molecule has 0 spiro atoms. The van der Waals surface area contributed by atoms with Gasteiger partial charge in [-0.25, -0.2) is 0 Å². The molecule has 11 unspecified atom stereocenters. The van der Waals surface area contributed by atoms with E-state index in [-0.39, 0.29) is 25.6 Å². The van der Waals surface area contributed by atoms with Crippen molar-refractivity contribution >= 4 is 5.97 Å². The molecule has 0 saturated carbocycles. The summed E-state index contributed by atoms with van der Waals surface area (Å²) >= 11 is 0. The van der Waals surface area contributed by atoms with E-state index in [2.05, 4.69) is 50.3 Å². The van der Waals surface area contributed by atoms with Crippen molar-refractivity contribution < 1.29 is 69.0 Å². The van der Waals surface area contributed by atoms with Crippen molar-refractivity contribution in [2.24, 2.45) is 0 Å². The SMILES string of the molecule is CCCCCCC/C=C\C/C=C\C/C=C\CCCCCCCCC(=O)OC(COCCCCCCCCCCCCCCC)COC1OC(COC2OC(CO)C(O)C(O)C2O)C(O)C(O)C1O. The lowest BCUT2D eigenvalue weighted by Crippen LogP contribution is -2.61. The lowest BCUT2D eigenvalue weighted by Gasteiger charge is -2.42. The Balaban J connectivity index is 1.74. The quantitative estimate of drug-likeness (QED) is 0.0173. The Labute approximate surface area is 410 Å². The van der Waals surface area contributed by atoms with Gasteiger partial charge in [-0.2, -0.15) is 0 Å². The van der Waals surface area contributed by atoms with Crippen molar-refractivity contribution in [2.75, 3.05) is 33.0 Å². The number of aliphatic hydroxyl groups is 7. The first-order valence-electron chi connectivity index (χ1n) is 27.1. The second-order valence-electron chi connectivity index (χ2n) is 19.1. The molecule has 0 amide bonds. The number of ether oxygens (including phenoxy) is 6. The van der Waals surface area contributed by atoms with Gasteiger partial charge in [0.25, 0.3) is 0 Å². The van der Waals surface area contributed by atoms with Gasteiger partial charge in [0.15, 0.2) is 12.6 Å². The van der Waals surface area contributed by atoms with Gasteiger partial charge in [0, 0.05) is 13.0 Å². The van der Waals surface area contributed by atoms with Crippen LogP contribution in [0.1, 0.15) is 200 Å². The summed E-state index contributed by atoms with van der Waals surface area (Å²) in [5.41, 5.74) is 0. The van der Waals surface area contributed by atoms with Crippen LogP contribution >= 0.6 is 0 Å². The number of hydrogen-bond donors (Lipinski definition) is 7. The highest BCUT2D eigenvalue weighted by Crippen LogP contribution is 2.26. The lowest BCUT2D eigenvalue weighted by molar-refractivity contribution is -0.332. The molecular weight excluding hydrogens is 873 g/mol. The molecule has 14 heteroatoms. The van der Waals surface area contributed by atoms with E-state index in [0.29, 0.717) is 13.0 Å². The summed E-state index contributed by atoms with van der Waals surface area (Å²) in [5.74, 6) is -0.387. The van der Waals surface area contributed by atoms with E-state index in [1.165, 1.54) is 103 Å². The molecule has 0 aromatic heterocycles. The largest absolute Gasteiger partial charge is 0.457 e. The Bertz CT molecular complexity index is 1260. The number of rotatable bonds is 43. The standard InChI is InChI=1S/C54H98O14/c1-3-5-7-9-11-13-15-17-18-19-20-21-22-23-24-25-27-29-31-33-35-37-46(56)66-43(40-63-38-36-34-32-30-28-26-16-14-12-10-8-6-4-2)41-64-53-52(62)50(60)48(58)45(68-53)42-65-54-51(61)49(59)47(57)44(39-55)67-54/h15,17,19-20,22-23,43-45,47-55,57-62H,3-14,16,18,21,24-42H2,1-2H3/b17-15-,20-19-,23-22-. The average Bonchev–Trinajstić information content (AvgIpc) is 3.33. The van der Waals surface area contributed by atoms with Crippen LogP contribution < -0.4 is 0 Å². The summed E-state index contributed by atoms with van der Waals surface area (Å²) in [6, 6.07) is 0. The predicted molar refractivity (Wildman–Crippen MR) is 266 cm³/mol. The number of carbonyl (C=O) groups is 1. The van der Waals surface area contributed by atoms with Gasteiger partial charge in [0.05, 0.1) is 26.4 Å². The van der Waals surface area contributed by atoms with Crippen LogP contribution in [0.2, 0.25) is 0 Å². The highest BCUT2D eigenvalue weighted by atomic mass is 16.7. The fraction of sp³-hybridized carbons (Fsp3) is 0.870. The topological polar surface area (TPSA) is 214 Å². The molecule has 2 rings (SSSR count). The first-order chi connectivity index (χ1) is 33.1. The molecule has 0 radical (unpaired) electrons. The fourth-order valence-corrected chi connectivity index (χ4v) is 8.47. The van der Waals surface area contributed by atoms with E-state index in [1.807, 2.05) is 0 Å². The van der Waals surface area contributed by atoms with Crippen molar-refractivity contribution in [1.29, 1.82) is 0 Å². The smallest absolute Gasteiger partial charge is 0.306 e. The molecule has 0 aromatic carbocycles. The second kappa shape index (κ2) is 41.8. The molecular formula is C54H98O14. The Hall–Kier alpha value is -1.79. The highest BCUT2D eigenvalue weighted by molar-refractivity contribution is 5.69. The summed E-state index contributed by atoms with van der Waals surface area (Å²) < 4.78 is 34.3. The van der Waals surface area contributed by atoms with Crippen LogP contribution in [0, 0.1) is 0 Å². The van der Waals surface area contributed by atoms with Crippen LogP contribution in [-0.2, 0) is 33.2 Å². The summed E-state index contributed by atoms with van der Waals surface area (Å²) in [7, 11) is 0. The zero-order valence-electron chi connectivity index (χ0n) is 42.3. The molecule has 0 aromatic rings. The van der Waals surface area contributed by atoms with Crippen LogP contribution in [0.15, 0.2) is 36.5 Å². The first-order valence-corrected chi connectivity index (χ1v) is 27.1. The van der Waals surface area contributed by atoms with E-state index in [0.717, 1.165) is 70.6 Å². The first kappa shape index (κ1) is 62.3. The van der Waals surface area contributed by atoms with Crippen LogP contribution in [0.3, 0.4) is 0 Å². The molecule has 0 aliphatic carbocycles. The van der Waals surface area contributed by atoms with Gasteiger partial charge >= 0.3 is 5.97 Å². The molecule has 11 atom stereocenters. The molecule has 2 aliphatic heterocycles. The van der Waals surface area contributed by atoms with Crippen molar-refractivity contribution in [2.45, 2.75) is 268 Å². The fourth-order valence-electron chi connectivity index (χ4n) is 8.47. The van der Waals surface area contributed by atoms with E-state index >= 15 is 0 Å². The molecule has 68 heavy (non-hydrogen) atoms. The molecule has 398 valence electrons. The van der Waals surface area contributed by atoms with Crippen molar-refractivity contribution in [3.63, 3.8) is 0 Å². The van der Waals surface area contributed by atoms with Crippen LogP contribution in [0.4, 0.5) is 0 Å². The number of hydrogen-bond acceptors (Lipinski definition) is 14. The Kier molecular flexibility index (Phi) is 38.3. The molecule has 14 nitrogen and oxygen atoms in total. The summed E-state index contributed by atoms with van der Waals surface area (Å²) in [6.07, 6.45) is 30.6. The normalized spacial score (nSPS) is 26.1. The monoisotopic (exact) mass is 971 g/mol. The Morgan fingerprint density at radius 2 is 0.912 bits per heavy atom. The number of esters is 1. The van der Waals surface area contributed by atoms with Crippen molar-refractivity contribution in [3.05, 3.63) is 36.5 Å². The number of carbonyl (C=O) groups excluding carboxylic acids is 1. The van der Waals surface area contributed by atoms with Crippen LogP contribution in [0.5, 0.6) is 0 Å². The maximum atomic E-state index is 13.0. The number of allylic oxidation sites excluding steroid dienone is 6. The van der Waals surface area contributed by atoms with Gasteiger partial charge in [0.1, 0.15) is 54.9 Å². The summed E-state index contributed by atoms with van der Waals surface area (Å²) in [6.45, 7) is 3.67. The van der Waals surface area contributed by atoms with Gasteiger partial charge in [-0.1, -0.05) is 179 Å². The van der Waals surface area contributed by atoms with Crippen molar-refractivity contribution in [1.82, 2.24) is 0 Å². The van der Waals surface area contributed by atoms with E-state index in [9.17, 15) is 40.5 Å². The molecule has 2 fully saturated rings. The minimum atomic E-state index is -1.71. The third-order valence-corrected chi connectivity index (χ3v) is 12.9.